The van der Waals surface area contributed by atoms with Crippen molar-refractivity contribution in [1.82, 2.24) is 9.97 Å². The number of nitrogens with zero attached hydrogens (tertiary/aromatic N) is 4. The number of alkyl halides is 6. The van der Waals surface area contributed by atoms with Gasteiger partial charge in [0.15, 0.2) is 9.84 Å². The topological polar surface area (TPSA) is 162 Å². The number of benzene rings is 2. The summed E-state index contributed by atoms with van der Waals surface area (Å²) in [5.74, 6) is 0.573. The second-order valence-electron chi connectivity index (χ2n) is 9.26. The van der Waals surface area contributed by atoms with Crippen molar-refractivity contribution in [3.8, 4) is 23.5 Å². The third-order valence-electron chi connectivity index (χ3n) is 5.92. The van der Waals surface area contributed by atoms with Gasteiger partial charge in [-0.1, -0.05) is 18.8 Å². The number of ether oxygens (including phenoxy) is 2. The van der Waals surface area contributed by atoms with E-state index in [0.717, 1.165) is 6.07 Å². The van der Waals surface area contributed by atoms with Crippen molar-refractivity contribution >= 4 is 45.1 Å². The molecule has 4 rings (SSSR count). The zero-order chi connectivity index (χ0) is 34.2. The highest BCUT2D eigenvalue weighted by atomic mass is 32.2. The van der Waals surface area contributed by atoms with E-state index in [9.17, 15) is 49.1 Å². The van der Waals surface area contributed by atoms with Crippen LogP contribution in [0.15, 0.2) is 53.6 Å². The number of halogens is 6. The van der Waals surface area contributed by atoms with Gasteiger partial charge in [0, 0.05) is 24.9 Å². The Kier molecular flexibility index (Phi) is 8.88. The molecule has 0 aliphatic carbocycles. The van der Waals surface area contributed by atoms with Crippen molar-refractivity contribution in [2.24, 2.45) is 0 Å². The molecule has 46 heavy (non-hydrogen) atoms. The summed E-state index contributed by atoms with van der Waals surface area (Å²) in [4.78, 5) is 45.9. The first-order valence-electron chi connectivity index (χ1n) is 12.6. The average Bonchev–Trinajstić information content (AvgIpc) is 3.18. The van der Waals surface area contributed by atoms with E-state index in [-0.39, 0.29) is 51.5 Å². The van der Waals surface area contributed by atoms with Crippen LogP contribution < -0.4 is 20.3 Å². The van der Waals surface area contributed by atoms with E-state index >= 15 is 0 Å². The van der Waals surface area contributed by atoms with Crippen LogP contribution in [0, 0.1) is 11.8 Å². The number of imide groups is 1. The molecule has 1 fully saturated rings. The summed E-state index contributed by atoms with van der Waals surface area (Å²) in [6.07, 6.45) is -11.7. The van der Waals surface area contributed by atoms with Crippen molar-refractivity contribution < 1.29 is 58.6 Å². The molecule has 12 nitrogen and oxygen atoms in total. The van der Waals surface area contributed by atoms with E-state index in [2.05, 4.69) is 26.5 Å². The maximum Gasteiger partial charge on any atom is 0.491 e. The fourth-order valence-electron chi connectivity index (χ4n) is 3.95. The lowest BCUT2D eigenvalue weighted by Crippen LogP contribution is -2.42. The predicted molar refractivity (Wildman–Crippen MR) is 146 cm³/mol. The number of aromatic nitrogens is 2. The predicted octanol–water partition coefficient (Wildman–Crippen LogP) is 4.44. The van der Waals surface area contributed by atoms with Crippen molar-refractivity contribution in [2.45, 2.75) is 36.8 Å². The minimum Gasteiger partial charge on any atom is -0.439 e. The van der Waals surface area contributed by atoms with Gasteiger partial charge in [0.2, 0.25) is 11.8 Å². The normalized spacial score (nSPS) is 15.4. The van der Waals surface area contributed by atoms with Gasteiger partial charge in [-0.2, -0.15) is 31.3 Å². The zero-order valence-corrected chi connectivity index (χ0v) is 24.1. The Balaban J connectivity index is 1.89. The number of sulfone groups is 1. The Labute approximate surface area is 255 Å². The molecule has 2 aromatic carbocycles. The number of hydrogen-bond donors (Lipinski definition) is 1. The molecule has 1 saturated heterocycles. The van der Waals surface area contributed by atoms with E-state index in [1.165, 1.54) is 24.4 Å². The second kappa shape index (κ2) is 12.2. The summed E-state index contributed by atoms with van der Waals surface area (Å²) < 4.78 is 115. The molecule has 2 heterocycles. The van der Waals surface area contributed by atoms with Gasteiger partial charge in [0.25, 0.3) is 12.1 Å². The molecule has 3 amide bonds. The summed E-state index contributed by atoms with van der Waals surface area (Å²) >= 11 is 0. The molecule has 0 spiro atoms. The summed E-state index contributed by atoms with van der Waals surface area (Å²) in [6, 6.07) is 4.16. The molecule has 0 radical (unpaired) electrons. The van der Waals surface area contributed by atoms with Crippen LogP contribution in [0.25, 0.3) is 0 Å². The largest absolute Gasteiger partial charge is 0.491 e. The SMILES string of the molecule is CCC#Cc1cc(Oc2ccnc(N)n2)ccc1N1C(=O)C(OC(=O)C(F)(F)F)N(c2cc(C(F)(F)F)cc(S(C)(=O)=O)c2)C1=O. The number of esters is 1. The van der Waals surface area contributed by atoms with E-state index < -0.39 is 68.2 Å². The first-order valence-corrected chi connectivity index (χ1v) is 14.5. The third-order valence-corrected chi connectivity index (χ3v) is 7.01. The molecule has 1 atom stereocenters. The Morgan fingerprint density at radius 2 is 1.76 bits per heavy atom. The van der Waals surface area contributed by atoms with Crippen molar-refractivity contribution in [3.63, 3.8) is 0 Å². The maximum absolute atomic E-state index is 13.7. The quantitative estimate of drug-likeness (QED) is 0.172. The molecule has 3 aromatic rings. The van der Waals surface area contributed by atoms with Gasteiger partial charge in [0.05, 0.1) is 27.4 Å². The minimum atomic E-state index is -5.70. The first-order chi connectivity index (χ1) is 21.3. The molecule has 0 bridgehead atoms. The Morgan fingerprint density at radius 1 is 1.07 bits per heavy atom. The monoisotopic (exact) mass is 671 g/mol. The number of anilines is 3. The number of urea groups is 1. The van der Waals surface area contributed by atoms with Gasteiger partial charge in [-0.15, -0.1) is 0 Å². The third kappa shape index (κ3) is 7.12. The number of hydrogen-bond acceptors (Lipinski definition) is 10. The van der Waals surface area contributed by atoms with Gasteiger partial charge in [0.1, 0.15) is 5.75 Å². The lowest BCUT2D eigenvalue weighted by Gasteiger charge is -2.23. The number of rotatable bonds is 6. The van der Waals surface area contributed by atoms with Crippen LogP contribution in [0.2, 0.25) is 0 Å². The summed E-state index contributed by atoms with van der Waals surface area (Å²) in [6.45, 7) is 1.64. The Bertz CT molecular complexity index is 1900. The summed E-state index contributed by atoms with van der Waals surface area (Å²) in [7, 11) is -4.42. The fourth-order valence-corrected chi connectivity index (χ4v) is 4.63. The molecule has 1 aromatic heterocycles. The second-order valence-corrected chi connectivity index (χ2v) is 11.3. The Hall–Kier alpha value is -5.38. The van der Waals surface area contributed by atoms with Gasteiger partial charge in [-0.25, -0.2) is 32.8 Å². The van der Waals surface area contributed by atoms with Crippen LogP contribution in [0.1, 0.15) is 24.5 Å². The highest BCUT2D eigenvalue weighted by Crippen LogP contribution is 2.39. The van der Waals surface area contributed by atoms with Crippen LogP contribution in [0.3, 0.4) is 0 Å². The number of nitrogens with two attached hydrogens (primary N) is 1. The van der Waals surface area contributed by atoms with Crippen LogP contribution >= 0.6 is 0 Å². The molecule has 242 valence electrons. The minimum absolute atomic E-state index is 0.000992. The fraction of sp³-hybridized carbons (Fsp3) is 0.222. The van der Waals surface area contributed by atoms with E-state index in [1.54, 1.807) is 6.92 Å². The molecule has 19 heteroatoms. The van der Waals surface area contributed by atoms with Crippen LogP contribution in [0.4, 0.5) is 48.5 Å². The number of carbonyl (C=O) groups excluding carboxylic acids is 3. The average molecular weight is 672 g/mol. The lowest BCUT2D eigenvalue weighted by atomic mass is 10.1. The van der Waals surface area contributed by atoms with Crippen molar-refractivity contribution in [2.75, 3.05) is 21.8 Å². The highest BCUT2D eigenvalue weighted by Gasteiger charge is 2.53. The van der Waals surface area contributed by atoms with E-state index in [0.29, 0.717) is 12.3 Å². The molecule has 0 saturated carbocycles. The summed E-state index contributed by atoms with van der Waals surface area (Å²) in [5.41, 5.74) is 2.36. The van der Waals surface area contributed by atoms with Gasteiger partial charge < -0.3 is 15.2 Å². The van der Waals surface area contributed by atoms with Crippen molar-refractivity contribution in [3.05, 3.63) is 59.8 Å². The number of amides is 3. The molecule has 2 N–H and O–H groups in total. The molecule has 1 unspecified atom stereocenters. The van der Waals surface area contributed by atoms with Gasteiger partial charge in [-0.05, 0) is 36.4 Å². The lowest BCUT2D eigenvalue weighted by molar-refractivity contribution is -0.204. The molecular weight excluding hydrogens is 652 g/mol. The van der Waals surface area contributed by atoms with E-state index in [1.807, 2.05) is 0 Å². The van der Waals surface area contributed by atoms with Crippen LogP contribution in [-0.4, -0.2) is 55.0 Å². The van der Waals surface area contributed by atoms with E-state index in [4.69, 9.17) is 10.5 Å². The van der Waals surface area contributed by atoms with Gasteiger partial charge >= 0.3 is 24.4 Å². The maximum atomic E-state index is 13.7. The summed E-state index contributed by atoms with van der Waals surface area (Å²) in [5, 5.41) is 0. The Morgan fingerprint density at radius 3 is 2.35 bits per heavy atom. The molecule has 1 aliphatic heterocycles. The van der Waals surface area contributed by atoms with Crippen LogP contribution in [-0.2, 0) is 30.3 Å². The standard InChI is InChI=1S/C27H19F6N5O7S/c1-3-4-5-14-10-17(44-20-8-9-35-24(34)36-20)6-7-19(14)38-21(39)22(45-23(40)27(31,32)33)37(25(38)41)16-11-15(26(28,29)30)12-18(13-16)46(2,42)43/h6-13,22H,3H2,1-2H3,(H2,34,35,36). The van der Waals surface area contributed by atoms with Gasteiger partial charge in [-0.3, -0.25) is 4.79 Å². The smallest absolute Gasteiger partial charge is 0.439 e. The first kappa shape index (κ1) is 33.5. The number of carbonyl (C=O) groups is 3. The zero-order valence-electron chi connectivity index (χ0n) is 23.3. The molecular formula is C27H19F6N5O7S. The number of nitrogen functional groups attached to an aromatic ring is 1. The van der Waals surface area contributed by atoms with Crippen LogP contribution in [0.5, 0.6) is 11.6 Å². The highest BCUT2D eigenvalue weighted by molar-refractivity contribution is 7.90. The van der Waals surface area contributed by atoms with Crippen molar-refractivity contribution in [1.29, 1.82) is 0 Å². The molecule has 1 aliphatic rings.